The van der Waals surface area contributed by atoms with Crippen LogP contribution in [0.2, 0.25) is 0 Å². The maximum atomic E-state index is 3.72. The highest BCUT2D eigenvalue weighted by Crippen LogP contribution is 2.41. The monoisotopic (exact) mass is 322 g/mol. The van der Waals surface area contributed by atoms with Crippen molar-refractivity contribution >= 4 is 0 Å². The Morgan fingerprint density at radius 3 is 2.42 bits per heavy atom. The number of aryl methyl sites for hydroxylation is 1. The first-order valence-corrected chi connectivity index (χ1v) is 9.34. The lowest BCUT2D eigenvalue weighted by atomic mass is 10.0. The van der Waals surface area contributed by atoms with Crippen LogP contribution in [-0.4, -0.2) is 37.1 Å². The Kier molecular flexibility index (Phi) is 5.70. The average Bonchev–Trinajstić information content (AvgIpc) is 3.38. The van der Waals surface area contributed by atoms with E-state index in [1.165, 1.54) is 28.7 Å². The Bertz CT molecular complexity index is 643. The molecule has 2 heteroatoms. The SMILES string of the molecule is CCN(CC)CCN[C@H]1CC1c1ccc(-c2cccc(C)c2)cc1. The zero-order valence-corrected chi connectivity index (χ0v) is 15.3. The molecule has 0 amide bonds. The van der Waals surface area contributed by atoms with E-state index in [9.17, 15) is 0 Å². The first kappa shape index (κ1) is 17.2. The van der Waals surface area contributed by atoms with Crippen LogP contribution in [0.4, 0.5) is 0 Å². The summed E-state index contributed by atoms with van der Waals surface area (Å²) in [5.74, 6) is 0.702. The Labute approximate surface area is 146 Å². The summed E-state index contributed by atoms with van der Waals surface area (Å²) in [6.07, 6.45) is 1.28. The van der Waals surface area contributed by atoms with Gasteiger partial charge in [0.15, 0.2) is 0 Å². The molecule has 0 radical (unpaired) electrons. The van der Waals surface area contributed by atoms with Gasteiger partial charge in [-0.3, -0.25) is 0 Å². The van der Waals surface area contributed by atoms with Gasteiger partial charge in [-0.05, 0) is 43.1 Å². The molecule has 0 saturated heterocycles. The second-order valence-electron chi connectivity index (χ2n) is 6.92. The van der Waals surface area contributed by atoms with Gasteiger partial charge in [0.25, 0.3) is 0 Å². The number of hydrogen-bond acceptors (Lipinski definition) is 2. The van der Waals surface area contributed by atoms with Gasteiger partial charge in [-0.25, -0.2) is 0 Å². The highest BCUT2D eigenvalue weighted by atomic mass is 15.1. The maximum absolute atomic E-state index is 3.72. The molecule has 128 valence electrons. The average molecular weight is 322 g/mol. The second kappa shape index (κ2) is 7.96. The fourth-order valence-corrected chi connectivity index (χ4v) is 3.48. The van der Waals surface area contributed by atoms with E-state index in [4.69, 9.17) is 0 Å². The van der Waals surface area contributed by atoms with Gasteiger partial charge >= 0.3 is 0 Å². The first-order valence-electron chi connectivity index (χ1n) is 9.34. The molecular formula is C22H30N2. The summed E-state index contributed by atoms with van der Waals surface area (Å²) >= 11 is 0. The molecule has 0 aromatic heterocycles. The number of rotatable bonds is 8. The molecule has 2 nitrogen and oxygen atoms in total. The lowest BCUT2D eigenvalue weighted by Crippen LogP contribution is -2.33. The van der Waals surface area contributed by atoms with Crippen molar-refractivity contribution in [3.8, 4) is 11.1 Å². The largest absolute Gasteiger partial charge is 0.312 e. The third-order valence-corrected chi connectivity index (χ3v) is 5.21. The minimum atomic E-state index is 0.672. The predicted molar refractivity (Wildman–Crippen MR) is 104 cm³/mol. The Morgan fingerprint density at radius 1 is 1.00 bits per heavy atom. The van der Waals surface area contributed by atoms with Crippen molar-refractivity contribution in [2.45, 2.75) is 39.2 Å². The van der Waals surface area contributed by atoms with Crippen LogP contribution in [0.1, 0.15) is 37.3 Å². The Hall–Kier alpha value is -1.64. The molecule has 0 aliphatic heterocycles. The molecule has 1 N–H and O–H groups in total. The van der Waals surface area contributed by atoms with E-state index in [-0.39, 0.29) is 0 Å². The van der Waals surface area contributed by atoms with Gasteiger partial charge in [0.05, 0.1) is 0 Å². The summed E-state index contributed by atoms with van der Waals surface area (Å²) in [7, 11) is 0. The molecule has 0 heterocycles. The van der Waals surface area contributed by atoms with Gasteiger partial charge in [-0.1, -0.05) is 67.9 Å². The molecule has 2 aromatic carbocycles. The van der Waals surface area contributed by atoms with Crippen LogP contribution < -0.4 is 5.32 Å². The van der Waals surface area contributed by atoms with Gasteiger partial charge in [0.2, 0.25) is 0 Å². The molecule has 24 heavy (non-hydrogen) atoms. The van der Waals surface area contributed by atoms with Crippen molar-refractivity contribution < 1.29 is 0 Å². The van der Waals surface area contributed by atoms with Crippen molar-refractivity contribution in [2.75, 3.05) is 26.2 Å². The molecule has 1 fully saturated rings. The first-order chi connectivity index (χ1) is 11.7. The fourth-order valence-electron chi connectivity index (χ4n) is 3.48. The fraction of sp³-hybridized carbons (Fsp3) is 0.455. The highest BCUT2D eigenvalue weighted by Gasteiger charge is 2.37. The highest BCUT2D eigenvalue weighted by molar-refractivity contribution is 5.64. The van der Waals surface area contributed by atoms with Crippen LogP contribution in [-0.2, 0) is 0 Å². The second-order valence-corrected chi connectivity index (χ2v) is 6.92. The summed E-state index contributed by atoms with van der Waals surface area (Å²) in [4.78, 5) is 2.47. The summed E-state index contributed by atoms with van der Waals surface area (Å²) < 4.78 is 0. The molecular weight excluding hydrogens is 292 g/mol. The van der Waals surface area contributed by atoms with Crippen molar-refractivity contribution in [2.24, 2.45) is 0 Å². The van der Waals surface area contributed by atoms with Gasteiger partial charge in [0, 0.05) is 25.0 Å². The summed E-state index contributed by atoms with van der Waals surface area (Å²) in [6.45, 7) is 11.2. The number of hydrogen-bond donors (Lipinski definition) is 1. The number of nitrogens with zero attached hydrogens (tertiary/aromatic N) is 1. The molecule has 0 bridgehead atoms. The van der Waals surface area contributed by atoms with Gasteiger partial charge in [-0.15, -0.1) is 0 Å². The van der Waals surface area contributed by atoms with E-state index < -0.39 is 0 Å². The molecule has 3 rings (SSSR count). The van der Waals surface area contributed by atoms with Crippen molar-refractivity contribution in [1.82, 2.24) is 10.2 Å². The van der Waals surface area contributed by atoms with Crippen LogP contribution in [0.15, 0.2) is 48.5 Å². The Morgan fingerprint density at radius 2 is 1.75 bits per heavy atom. The molecule has 1 unspecified atom stereocenters. The van der Waals surface area contributed by atoms with E-state index in [1.54, 1.807) is 0 Å². The van der Waals surface area contributed by atoms with Crippen molar-refractivity contribution in [1.29, 1.82) is 0 Å². The smallest absolute Gasteiger partial charge is 0.0143 e. The molecule has 2 aromatic rings. The normalized spacial score (nSPS) is 19.7. The summed E-state index contributed by atoms with van der Waals surface area (Å²) in [5.41, 5.74) is 5.42. The molecule has 0 spiro atoms. The van der Waals surface area contributed by atoms with Gasteiger partial charge in [0.1, 0.15) is 0 Å². The molecule has 1 aliphatic rings. The van der Waals surface area contributed by atoms with Crippen molar-refractivity contribution in [3.05, 3.63) is 59.7 Å². The van der Waals surface area contributed by atoms with Crippen molar-refractivity contribution in [3.63, 3.8) is 0 Å². The third-order valence-electron chi connectivity index (χ3n) is 5.21. The minimum absolute atomic E-state index is 0.672. The molecule has 1 aliphatic carbocycles. The van der Waals surface area contributed by atoms with Crippen LogP contribution in [0.25, 0.3) is 11.1 Å². The zero-order chi connectivity index (χ0) is 16.9. The predicted octanol–water partition coefficient (Wildman–Crippen LogP) is 4.45. The van der Waals surface area contributed by atoms with E-state index in [0.717, 1.165) is 26.2 Å². The van der Waals surface area contributed by atoms with Crippen LogP contribution in [0.3, 0.4) is 0 Å². The minimum Gasteiger partial charge on any atom is -0.312 e. The molecule has 1 saturated carbocycles. The maximum Gasteiger partial charge on any atom is 0.0143 e. The van der Waals surface area contributed by atoms with E-state index >= 15 is 0 Å². The van der Waals surface area contributed by atoms with E-state index in [0.29, 0.717) is 12.0 Å². The lowest BCUT2D eigenvalue weighted by Gasteiger charge is -2.18. The quantitative estimate of drug-likeness (QED) is 0.772. The molecule has 2 atom stereocenters. The number of likely N-dealkylation sites (N-methyl/N-ethyl adjacent to an activating group) is 1. The Balaban J connectivity index is 1.52. The summed E-state index contributed by atoms with van der Waals surface area (Å²) in [5, 5.41) is 3.72. The standard InChI is InChI=1S/C22H30N2/c1-4-24(5-2)14-13-23-22-16-21(22)19-11-9-18(10-12-19)20-8-6-7-17(3)15-20/h6-12,15,21-23H,4-5,13-14,16H2,1-3H3/t21?,22-/m0/s1. The summed E-state index contributed by atoms with van der Waals surface area (Å²) in [6, 6.07) is 18.6. The topological polar surface area (TPSA) is 15.3 Å². The number of benzene rings is 2. The zero-order valence-electron chi connectivity index (χ0n) is 15.3. The number of nitrogens with one attached hydrogen (secondary N) is 1. The van der Waals surface area contributed by atoms with E-state index in [1.807, 2.05) is 0 Å². The van der Waals surface area contributed by atoms with E-state index in [2.05, 4.69) is 79.5 Å². The lowest BCUT2D eigenvalue weighted by molar-refractivity contribution is 0.302. The van der Waals surface area contributed by atoms with Crippen LogP contribution in [0.5, 0.6) is 0 Å². The van der Waals surface area contributed by atoms with Gasteiger partial charge in [-0.2, -0.15) is 0 Å². The van der Waals surface area contributed by atoms with Gasteiger partial charge < -0.3 is 10.2 Å². The third kappa shape index (κ3) is 4.25. The van der Waals surface area contributed by atoms with Crippen LogP contribution in [0, 0.1) is 6.92 Å². The van der Waals surface area contributed by atoms with Crippen LogP contribution >= 0.6 is 0 Å².